The standard InChI is InChI=1S/C14H12N4OS/c1-7-6-17-12-10-9(20-13(12)14(19)18-7)3-2-8-11(10)16-5-4-15-8/h2-5,7,17H,6H2,1H3,(H,18,19). The number of anilines is 1. The molecular weight excluding hydrogens is 272 g/mol. The van der Waals surface area contributed by atoms with E-state index < -0.39 is 0 Å². The van der Waals surface area contributed by atoms with E-state index in [-0.39, 0.29) is 11.9 Å². The molecular formula is C14H12N4OS. The first kappa shape index (κ1) is 11.6. The largest absolute Gasteiger partial charge is 0.381 e. The summed E-state index contributed by atoms with van der Waals surface area (Å²) in [6.45, 7) is 2.70. The maximum absolute atomic E-state index is 12.2. The van der Waals surface area contributed by atoms with Crippen molar-refractivity contribution >= 4 is 44.1 Å². The van der Waals surface area contributed by atoms with Crippen LogP contribution in [-0.4, -0.2) is 28.5 Å². The number of carbonyl (C=O) groups is 1. The minimum Gasteiger partial charge on any atom is -0.381 e. The lowest BCUT2D eigenvalue weighted by atomic mass is 10.1. The van der Waals surface area contributed by atoms with Crippen LogP contribution in [0.3, 0.4) is 0 Å². The molecule has 0 aliphatic carbocycles. The normalized spacial score (nSPS) is 18.4. The zero-order valence-corrected chi connectivity index (χ0v) is 11.6. The first-order chi connectivity index (χ1) is 9.74. The Labute approximate surface area is 119 Å². The smallest absolute Gasteiger partial charge is 0.263 e. The summed E-state index contributed by atoms with van der Waals surface area (Å²) in [5.41, 5.74) is 2.58. The van der Waals surface area contributed by atoms with Crippen LogP contribution >= 0.6 is 11.3 Å². The van der Waals surface area contributed by atoms with Crippen molar-refractivity contribution in [1.82, 2.24) is 15.3 Å². The topological polar surface area (TPSA) is 66.9 Å². The summed E-state index contributed by atoms with van der Waals surface area (Å²) in [7, 11) is 0. The molecule has 0 saturated carbocycles. The maximum atomic E-state index is 12.2. The molecule has 0 fully saturated rings. The number of benzene rings is 1. The highest BCUT2D eigenvalue weighted by Gasteiger charge is 2.24. The molecule has 100 valence electrons. The lowest BCUT2D eigenvalue weighted by Crippen LogP contribution is -2.34. The number of nitrogens with one attached hydrogen (secondary N) is 2. The summed E-state index contributed by atoms with van der Waals surface area (Å²) < 4.78 is 1.06. The van der Waals surface area contributed by atoms with Crippen molar-refractivity contribution in [2.45, 2.75) is 13.0 Å². The number of thiophene rings is 1. The third kappa shape index (κ3) is 1.58. The Bertz CT molecular complexity index is 842. The number of aromatic nitrogens is 2. The Kier molecular flexibility index (Phi) is 2.40. The lowest BCUT2D eigenvalue weighted by Gasteiger charge is -2.09. The lowest BCUT2D eigenvalue weighted by molar-refractivity contribution is 0.0949. The van der Waals surface area contributed by atoms with Crippen LogP contribution in [-0.2, 0) is 0 Å². The number of carbonyl (C=O) groups excluding carboxylic acids is 1. The van der Waals surface area contributed by atoms with Gasteiger partial charge < -0.3 is 10.6 Å². The van der Waals surface area contributed by atoms with Crippen LogP contribution in [0.1, 0.15) is 16.6 Å². The highest BCUT2D eigenvalue weighted by atomic mass is 32.1. The van der Waals surface area contributed by atoms with Crippen LogP contribution in [0.2, 0.25) is 0 Å². The molecule has 0 saturated heterocycles. The van der Waals surface area contributed by atoms with Gasteiger partial charge in [0.1, 0.15) is 4.88 Å². The predicted molar refractivity (Wildman–Crippen MR) is 80.3 cm³/mol. The van der Waals surface area contributed by atoms with E-state index in [0.29, 0.717) is 6.54 Å². The van der Waals surface area contributed by atoms with Crippen LogP contribution in [0.5, 0.6) is 0 Å². The SMILES string of the molecule is CC1CNc2c(sc3ccc4nccnc4c23)C(=O)N1. The molecule has 4 rings (SSSR count). The molecule has 1 aromatic carbocycles. The summed E-state index contributed by atoms with van der Waals surface area (Å²) in [6, 6.07) is 4.06. The van der Waals surface area contributed by atoms with Gasteiger partial charge in [0.15, 0.2) is 0 Å². The number of fused-ring (bicyclic) bond motifs is 5. The Morgan fingerprint density at radius 1 is 1.30 bits per heavy atom. The highest BCUT2D eigenvalue weighted by molar-refractivity contribution is 7.21. The van der Waals surface area contributed by atoms with E-state index >= 15 is 0 Å². The fourth-order valence-electron chi connectivity index (χ4n) is 2.54. The van der Waals surface area contributed by atoms with Crippen LogP contribution in [0, 0.1) is 0 Å². The molecule has 1 amide bonds. The van der Waals surface area contributed by atoms with E-state index in [0.717, 1.165) is 31.7 Å². The number of hydrogen-bond acceptors (Lipinski definition) is 5. The monoisotopic (exact) mass is 284 g/mol. The summed E-state index contributed by atoms with van der Waals surface area (Å²) >= 11 is 1.50. The minimum absolute atomic E-state index is 0.0178. The molecule has 2 N–H and O–H groups in total. The fourth-order valence-corrected chi connectivity index (χ4v) is 3.63. The average Bonchev–Trinajstić information content (AvgIpc) is 2.78. The van der Waals surface area contributed by atoms with E-state index in [1.165, 1.54) is 11.3 Å². The van der Waals surface area contributed by atoms with Gasteiger partial charge in [-0.2, -0.15) is 0 Å². The minimum atomic E-state index is -0.0178. The van der Waals surface area contributed by atoms with Gasteiger partial charge in [0.25, 0.3) is 5.91 Å². The van der Waals surface area contributed by atoms with Crippen molar-refractivity contribution in [1.29, 1.82) is 0 Å². The van der Waals surface area contributed by atoms with E-state index in [4.69, 9.17) is 0 Å². The second-order valence-electron chi connectivity index (χ2n) is 4.92. The molecule has 0 radical (unpaired) electrons. The third-order valence-corrected chi connectivity index (χ3v) is 4.61. The van der Waals surface area contributed by atoms with Gasteiger partial charge >= 0.3 is 0 Å². The molecule has 1 aliphatic heterocycles. The molecule has 3 heterocycles. The van der Waals surface area contributed by atoms with Crippen molar-refractivity contribution in [3.05, 3.63) is 29.4 Å². The molecule has 1 atom stereocenters. The zero-order valence-electron chi connectivity index (χ0n) is 10.8. The first-order valence-corrected chi connectivity index (χ1v) is 7.26. The number of amides is 1. The Balaban J connectivity index is 2.09. The number of nitrogens with zero attached hydrogens (tertiary/aromatic N) is 2. The van der Waals surface area contributed by atoms with Crippen LogP contribution in [0.4, 0.5) is 5.69 Å². The highest BCUT2D eigenvalue weighted by Crippen LogP contribution is 2.39. The van der Waals surface area contributed by atoms with Crippen molar-refractivity contribution in [2.75, 3.05) is 11.9 Å². The van der Waals surface area contributed by atoms with Gasteiger partial charge in [0.05, 0.1) is 16.7 Å². The second kappa shape index (κ2) is 4.14. The van der Waals surface area contributed by atoms with Crippen molar-refractivity contribution < 1.29 is 4.79 Å². The molecule has 0 spiro atoms. The summed E-state index contributed by atoms with van der Waals surface area (Å²) in [4.78, 5) is 21.7. The molecule has 1 unspecified atom stereocenters. The van der Waals surface area contributed by atoms with Crippen LogP contribution in [0.15, 0.2) is 24.5 Å². The van der Waals surface area contributed by atoms with E-state index in [1.54, 1.807) is 12.4 Å². The van der Waals surface area contributed by atoms with Crippen molar-refractivity contribution in [3.8, 4) is 0 Å². The first-order valence-electron chi connectivity index (χ1n) is 6.45. The van der Waals surface area contributed by atoms with Crippen LogP contribution < -0.4 is 10.6 Å². The molecule has 6 heteroatoms. The second-order valence-corrected chi connectivity index (χ2v) is 5.98. The molecule has 0 bridgehead atoms. The molecule has 20 heavy (non-hydrogen) atoms. The Morgan fingerprint density at radius 3 is 3.05 bits per heavy atom. The number of rotatable bonds is 0. The van der Waals surface area contributed by atoms with E-state index in [1.807, 2.05) is 19.1 Å². The quantitative estimate of drug-likeness (QED) is 0.665. The molecule has 3 aromatic rings. The van der Waals surface area contributed by atoms with Gasteiger partial charge in [0, 0.05) is 35.1 Å². The Hall–Kier alpha value is -2.21. The summed E-state index contributed by atoms with van der Waals surface area (Å²) in [5, 5.41) is 7.36. The predicted octanol–water partition coefficient (Wildman–Crippen LogP) is 2.39. The molecule has 1 aliphatic rings. The van der Waals surface area contributed by atoms with Gasteiger partial charge in [-0.05, 0) is 19.1 Å². The van der Waals surface area contributed by atoms with Crippen molar-refractivity contribution in [2.24, 2.45) is 0 Å². The van der Waals surface area contributed by atoms with Crippen LogP contribution in [0.25, 0.3) is 21.1 Å². The Morgan fingerprint density at radius 2 is 2.15 bits per heavy atom. The maximum Gasteiger partial charge on any atom is 0.263 e. The van der Waals surface area contributed by atoms with Gasteiger partial charge in [-0.1, -0.05) is 0 Å². The molecule has 5 nitrogen and oxygen atoms in total. The zero-order chi connectivity index (χ0) is 13.7. The van der Waals surface area contributed by atoms with E-state index in [9.17, 15) is 4.79 Å². The van der Waals surface area contributed by atoms with Crippen molar-refractivity contribution in [3.63, 3.8) is 0 Å². The van der Waals surface area contributed by atoms with Gasteiger partial charge in [-0.3, -0.25) is 14.8 Å². The number of hydrogen-bond donors (Lipinski definition) is 2. The van der Waals surface area contributed by atoms with Gasteiger partial charge in [-0.15, -0.1) is 11.3 Å². The molecule has 2 aromatic heterocycles. The van der Waals surface area contributed by atoms with Gasteiger partial charge in [0.2, 0.25) is 0 Å². The van der Waals surface area contributed by atoms with E-state index in [2.05, 4.69) is 20.6 Å². The van der Waals surface area contributed by atoms with Gasteiger partial charge in [-0.25, -0.2) is 0 Å². The third-order valence-electron chi connectivity index (χ3n) is 3.46. The summed E-state index contributed by atoms with van der Waals surface area (Å²) in [6.07, 6.45) is 3.37. The average molecular weight is 284 g/mol. The summed E-state index contributed by atoms with van der Waals surface area (Å²) in [5.74, 6) is -0.0178. The fraction of sp³-hybridized carbons (Fsp3) is 0.214.